The van der Waals surface area contributed by atoms with Gasteiger partial charge in [0.15, 0.2) is 0 Å². The lowest BCUT2D eigenvalue weighted by Crippen LogP contribution is -2.36. The van der Waals surface area contributed by atoms with E-state index < -0.39 is 5.67 Å². The summed E-state index contributed by atoms with van der Waals surface area (Å²) in [5, 5.41) is 0. The predicted molar refractivity (Wildman–Crippen MR) is 40.5 cm³/mol. The van der Waals surface area contributed by atoms with E-state index in [9.17, 15) is 4.39 Å². The van der Waals surface area contributed by atoms with Crippen LogP contribution in [-0.4, -0.2) is 12.2 Å². The number of hydrogen-bond acceptors (Lipinski definition) is 1. The summed E-state index contributed by atoms with van der Waals surface area (Å²) < 4.78 is 13.4. The number of alkyl halides is 1. The van der Waals surface area contributed by atoms with Gasteiger partial charge in [-0.2, -0.15) is 0 Å². The molecule has 1 aliphatic carbocycles. The number of halogens is 1. The van der Waals surface area contributed by atoms with Crippen LogP contribution in [0.4, 0.5) is 4.39 Å². The number of nitrogens with two attached hydrogens (primary N) is 1. The molecule has 0 amide bonds. The van der Waals surface area contributed by atoms with Crippen molar-refractivity contribution in [1.82, 2.24) is 0 Å². The van der Waals surface area contributed by atoms with Crippen LogP contribution in [0.1, 0.15) is 32.6 Å². The van der Waals surface area contributed by atoms with Gasteiger partial charge in [-0.1, -0.05) is 12.8 Å². The van der Waals surface area contributed by atoms with Crippen molar-refractivity contribution in [3.05, 3.63) is 0 Å². The van der Waals surface area contributed by atoms with Crippen LogP contribution in [0, 0.1) is 5.92 Å². The van der Waals surface area contributed by atoms with Crippen LogP contribution in [0.5, 0.6) is 0 Å². The molecule has 1 atom stereocenters. The molecule has 0 bridgehead atoms. The van der Waals surface area contributed by atoms with E-state index >= 15 is 0 Å². The molecular formula is C8H16FN. The van der Waals surface area contributed by atoms with Crippen molar-refractivity contribution in [2.45, 2.75) is 38.3 Å². The molecule has 2 N–H and O–H groups in total. The van der Waals surface area contributed by atoms with Crippen molar-refractivity contribution < 1.29 is 4.39 Å². The molecule has 2 heteroatoms. The molecule has 1 unspecified atom stereocenters. The Bertz CT molecular complexity index is 106. The van der Waals surface area contributed by atoms with Crippen LogP contribution in [0.25, 0.3) is 0 Å². The zero-order valence-electron chi connectivity index (χ0n) is 6.57. The summed E-state index contributed by atoms with van der Waals surface area (Å²) in [5.74, 6) is 0.234. The minimum atomic E-state index is -1.10. The lowest BCUT2D eigenvalue weighted by molar-refractivity contribution is 0.115. The van der Waals surface area contributed by atoms with Crippen LogP contribution in [0.15, 0.2) is 0 Å². The molecule has 0 saturated heterocycles. The van der Waals surface area contributed by atoms with Gasteiger partial charge in [-0.25, -0.2) is 4.39 Å². The maximum Gasteiger partial charge on any atom is 0.123 e. The van der Waals surface area contributed by atoms with Crippen LogP contribution < -0.4 is 5.73 Å². The zero-order chi connectivity index (χ0) is 7.61. The van der Waals surface area contributed by atoms with Gasteiger partial charge in [-0.3, -0.25) is 0 Å². The molecule has 0 aliphatic heterocycles. The van der Waals surface area contributed by atoms with E-state index in [1.54, 1.807) is 6.92 Å². The molecule has 10 heavy (non-hydrogen) atoms. The lowest BCUT2D eigenvalue weighted by Gasteiger charge is -2.24. The summed E-state index contributed by atoms with van der Waals surface area (Å²) in [6, 6.07) is 0. The Morgan fingerprint density at radius 3 is 2.40 bits per heavy atom. The summed E-state index contributed by atoms with van der Waals surface area (Å²) in [5.41, 5.74) is 4.21. The quantitative estimate of drug-likeness (QED) is 0.630. The summed E-state index contributed by atoms with van der Waals surface area (Å²) in [4.78, 5) is 0. The van der Waals surface area contributed by atoms with Crippen LogP contribution >= 0.6 is 0 Å². The molecule has 0 heterocycles. The van der Waals surface area contributed by atoms with Crippen molar-refractivity contribution in [2.24, 2.45) is 11.7 Å². The van der Waals surface area contributed by atoms with Gasteiger partial charge in [0.2, 0.25) is 0 Å². The van der Waals surface area contributed by atoms with E-state index in [1.165, 1.54) is 12.8 Å². The molecule has 0 spiro atoms. The fourth-order valence-electron chi connectivity index (χ4n) is 1.69. The van der Waals surface area contributed by atoms with E-state index in [2.05, 4.69) is 0 Å². The van der Waals surface area contributed by atoms with Gasteiger partial charge in [-0.15, -0.1) is 0 Å². The highest BCUT2D eigenvalue weighted by Gasteiger charge is 2.34. The highest BCUT2D eigenvalue weighted by Crippen LogP contribution is 2.35. The Morgan fingerprint density at radius 2 is 2.00 bits per heavy atom. The van der Waals surface area contributed by atoms with E-state index in [0.717, 1.165) is 12.8 Å². The van der Waals surface area contributed by atoms with E-state index in [4.69, 9.17) is 5.73 Å². The first-order chi connectivity index (χ1) is 4.67. The normalized spacial score (nSPS) is 26.7. The van der Waals surface area contributed by atoms with Crippen molar-refractivity contribution in [2.75, 3.05) is 6.54 Å². The molecule has 1 saturated carbocycles. The summed E-state index contributed by atoms with van der Waals surface area (Å²) in [6.07, 6.45) is 4.43. The Balaban J connectivity index is 2.45. The third-order valence-corrected chi connectivity index (χ3v) is 2.61. The second-order valence-electron chi connectivity index (χ2n) is 3.46. The second kappa shape index (κ2) is 2.87. The van der Waals surface area contributed by atoms with Crippen molar-refractivity contribution in [3.63, 3.8) is 0 Å². The molecule has 0 aromatic heterocycles. The van der Waals surface area contributed by atoms with E-state index in [0.29, 0.717) is 0 Å². The molecule has 0 aromatic rings. The van der Waals surface area contributed by atoms with Gasteiger partial charge in [0.05, 0.1) is 0 Å². The summed E-state index contributed by atoms with van der Waals surface area (Å²) >= 11 is 0. The van der Waals surface area contributed by atoms with Gasteiger partial charge in [-0.05, 0) is 25.7 Å². The average molecular weight is 145 g/mol. The Labute approximate surface area is 61.8 Å². The Morgan fingerprint density at radius 1 is 1.50 bits per heavy atom. The third kappa shape index (κ3) is 1.48. The largest absolute Gasteiger partial charge is 0.328 e. The van der Waals surface area contributed by atoms with Crippen molar-refractivity contribution in [3.8, 4) is 0 Å². The fourth-order valence-corrected chi connectivity index (χ4v) is 1.69. The first-order valence-electron chi connectivity index (χ1n) is 4.06. The standard InChI is InChI=1S/C8H16FN/c1-8(9,6-10)7-4-2-3-5-7/h7H,2-6,10H2,1H3. The summed E-state index contributed by atoms with van der Waals surface area (Å²) in [7, 11) is 0. The minimum Gasteiger partial charge on any atom is -0.328 e. The number of hydrogen-bond donors (Lipinski definition) is 1. The van der Waals surface area contributed by atoms with Crippen LogP contribution in [0.2, 0.25) is 0 Å². The van der Waals surface area contributed by atoms with Crippen molar-refractivity contribution >= 4 is 0 Å². The molecule has 1 nitrogen and oxygen atoms in total. The zero-order valence-corrected chi connectivity index (χ0v) is 6.57. The predicted octanol–water partition coefficient (Wildman–Crippen LogP) is 1.86. The second-order valence-corrected chi connectivity index (χ2v) is 3.46. The van der Waals surface area contributed by atoms with Crippen LogP contribution in [0.3, 0.4) is 0 Å². The van der Waals surface area contributed by atoms with Gasteiger partial charge in [0.1, 0.15) is 5.67 Å². The molecule has 60 valence electrons. The first-order valence-corrected chi connectivity index (χ1v) is 4.06. The van der Waals surface area contributed by atoms with Crippen molar-refractivity contribution in [1.29, 1.82) is 0 Å². The average Bonchev–Trinajstić information content (AvgIpc) is 2.38. The maximum atomic E-state index is 13.4. The lowest BCUT2D eigenvalue weighted by atomic mass is 9.90. The maximum absolute atomic E-state index is 13.4. The highest BCUT2D eigenvalue weighted by molar-refractivity contribution is 4.86. The van der Waals surface area contributed by atoms with E-state index in [1.807, 2.05) is 0 Å². The monoisotopic (exact) mass is 145 g/mol. The Hall–Kier alpha value is -0.110. The highest BCUT2D eigenvalue weighted by atomic mass is 19.1. The Kier molecular flexibility index (Phi) is 2.29. The fraction of sp³-hybridized carbons (Fsp3) is 1.00. The minimum absolute atomic E-state index is 0.178. The topological polar surface area (TPSA) is 26.0 Å². The molecule has 0 radical (unpaired) electrons. The molecule has 1 aliphatic rings. The molecule has 1 fully saturated rings. The first kappa shape index (κ1) is 7.99. The van der Waals surface area contributed by atoms with Gasteiger partial charge >= 0.3 is 0 Å². The SMILES string of the molecule is CC(F)(CN)C1CCCC1. The van der Waals surface area contributed by atoms with Gasteiger partial charge < -0.3 is 5.73 Å². The smallest absolute Gasteiger partial charge is 0.123 e. The molecular weight excluding hydrogens is 129 g/mol. The number of rotatable bonds is 2. The molecule has 1 rings (SSSR count). The van der Waals surface area contributed by atoms with Gasteiger partial charge in [0, 0.05) is 6.54 Å². The van der Waals surface area contributed by atoms with E-state index in [-0.39, 0.29) is 12.5 Å². The summed E-state index contributed by atoms with van der Waals surface area (Å²) in [6.45, 7) is 1.81. The molecule has 0 aromatic carbocycles. The van der Waals surface area contributed by atoms with Gasteiger partial charge in [0.25, 0.3) is 0 Å². The third-order valence-electron chi connectivity index (χ3n) is 2.61. The van der Waals surface area contributed by atoms with Crippen LogP contribution in [-0.2, 0) is 0 Å².